The van der Waals surface area contributed by atoms with E-state index in [-0.39, 0.29) is 12.0 Å². The number of fused-ring (bicyclic) bond motifs is 4. The molecule has 3 fully saturated rings. The van der Waals surface area contributed by atoms with Gasteiger partial charge in [-0.15, -0.1) is 0 Å². The van der Waals surface area contributed by atoms with Crippen molar-refractivity contribution in [3.05, 3.63) is 23.4 Å². The first-order valence-electron chi connectivity index (χ1n) is 9.03. The maximum atomic E-state index is 12.7. The van der Waals surface area contributed by atoms with Crippen LogP contribution in [0.4, 0.5) is 0 Å². The van der Waals surface area contributed by atoms with Crippen LogP contribution in [0, 0.1) is 5.92 Å². The summed E-state index contributed by atoms with van der Waals surface area (Å²) >= 11 is 0. The minimum Gasteiger partial charge on any atom is -0.384 e. The molecule has 4 heterocycles. The Bertz CT molecular complexity index is 624. The van der Waals surface area contributed by atoms with Gasteiger partial charge in [-0.1, -0.05) is 16.8 Å². The van der Waals surface area contributed by atoms with Crippen LogP contribution in [0.3, 0.4) is 0 Å². The smallest absolute Gasteiger partial charge is 0.240 e. The van der Waals surface area contributed by atoms with E-state index in [0.717, 1.165) is 32.5 Å². The summed E-state index contributed by atoms with van der Waals surface area (Å²) in [5.74, 6) is 1.68. The molecule has 0 radical (unpaired) electrons. The van der Waals surface area contributed by atoms with E-state index >= 15 is 0 Å². The second kappa shape index (κ2) is 8.10. The molecule has 2 atom stereocenters. The molecule has 3 saturated heterocycles. The zero-order valence-corrected chi connectivity index (χ0v) is 15.4. The maximum absolute atomic E-state index is 12.7. The molecular weight excluding hydrogens is 320 g/mol. The maximum Gasteiger partial charge on any atom is 0.240 e. The van der Waals surface area contributed by atoms with Crippen LogP contribution in [-0.2, 0) is 22.5 Å². The van der Waals surface area contributed by atoms with Crippen LogP contribution < -0.4 is 0 Å². The standard InChI is InChI=1S/C18H28N4O3/c1-13(2)6-8-22-15-5-4-14(18(22)23)10-21(11-15)12-17-19-16(20-25-17)7-9-24-3/h6,14-15H,4-5,7-12H2,1-3H3/t14-,15+/m1/s1. The fraction of sp³-hybridized carbons (Fsp3) is 0.722. The Labute approximate surface area is 149 Å². The largest absolute Gasteiger partial charge is 0.384 e. The molecule has 0 unspecified atom stereocenters. The number of hydrogen-bond donors (Lipinski definition) is 0. The average Bonchev–Trinajstić information content (AvgIpc) is 2.85. The topological polar surface area (TPSA) is 71.7 Å². The van der Waals surface area contributed by atoms with E-state index in [0.29, 0.717) is 37.2 Å². The lowest BCUT2D eigenvalue weighted by atomic mass is 9.94. The third kappa shape index (κ3) is 4.46. The number of nitrogens with zero attached hydrogens (tertiary/aromatic N) is 4. The average molecular weight is 348 g/mol. The van der Waals surface area contributed by atoms with Crippen molar-refractivity contribution < 1.29 is 14.1 Å². The zero-order valence-electron chi connectivity index (χ0n) is 15.4. The molecule has 7 heteroatoms. The fourth-order valence-corrected chi connectivity index (χ4v) is 3.62. The number of ether oxygens (including phenoxy) is 1. The van der Waals surface area contributed by atoms with Gasteiger partial charge in [0.2, 0.25) is 11.8 Å². The molecule has 7 nitrogen and oxygen atoms in total. The van der Waals surface area contributed by atoms with Gasteiger partial charge in [0, 0.05) is 39.2 Å². The highest BCUT2D eigenvalue weighted by Crippen LogP contribution is 2.29. The summed E-state index contributed by atoms with van der Waals surface area (Å²) in [6.45, 7) is 7.70. The quantitative estimate of drug-likeness (QED) is 0.698. The van der Waals surface area contributed by atoms with Gasteiger partial charge in [-0.05, 0) is 26.7 Å². The van der Waals surface area contributed by atoms with Crippen molar-refractivity contribution in [3.8, 4) is 0 Å². The Hall–Kier alpha value is -1.73. The van der Waals surface area contributed by atoms with Gasteiger partial charge in [0.1, 0.15) is 0 Å². The van der Waals surface area contributed by atoms with E-state index in [2.05, 4.69) is 39.9 Å². The fourth-order valence-electron chi connectivity index (χ4n) is 3.62. The van der Waals surface area contributed by atoms with Gasteiger partial charge in [-0.25, -0.2) is 0 Å². The molecule has 0 aromatic carbocycles. The lowest BCUT2D eigenvalue weighted by Crippen LogP contribution is -2.47. The SMILES string of the molecule is COCCc1noc(CN2C[C@H]3CC[C@@H](C2)N(CC=C(C)C)C3=O)n1. The highest BCUT2D eigenvalue weighted by molar-refractivity contribution is 5.80. The van der Waals surface area contributed by atoms with Crippen LogP contribution in [0.1, 0.15) is 38.4 Å². The third-order valence-corrected chi connectivity index (χ3v) is 4.96. The van der Waals surface area contributed by atoms with Crippen LogP contribution in [0.15, 0.2) is 16.2 Å². The van der Waals surface area contributed by atoms with Crippen LogP contribution in [0.25, 0.3) is 0 Å². The molecule has 1 aromatic heterocycles. The van der Waals surface area contributed by atoms with Crippen molar-refractivity contribution in [2.75, 3.05) is 33.4 Å². The van der Waals surface area contributed by atoms with E-state index < -0.39 is 0 Å². The van der Waals surface area contributed by atoms with E-state index in [1.807, 2.05) is 0 Å². The minimum absolute atomic E-state index is 0.0835. The van der Waals surface area contributed by atoms with Crippen LogP contribution in [0.2, 0.25) is 0 Å². The molecule has 138 valence electrons. The highest BCUT2D eigenvalue weighted by atomic mass is 16.5. The summed E-state index contributed by atoms with van der Waals surface area (Å²) in [6, 6.07) is 0.276. The molecule has 0 N–H and O–H groups in total. The summed E-state index contributed by atoms with van der Waals surface area (Å²) in [7, 11) is 1.66. The molecule has 3 aliphatic rings. The summed E-state index contributed by atoms with van der Waals surface area (Å²) in [5, 5.41) is 4.00. The molecule has 0 spiro atoms. The van der Waals surface area contributed by atoms with Crippen LogP contribution in [-0.4, -0.2) is 65.2 Å². The van der Waals surface area contributed by atoms with E-state index in [9.17, 15) is 4.79 Å². The summed E-state index contributed by atoms with van der Waals surface area (Å²) < 4.78 is 10.4. The molecule has 4 rings (SSSR count). The Kier molecular flexibility index (Phi) is 5.86. The monoisotopic (exact) mass is 348 g/mol. The predicted octanol–water partition coefficient (Wildman–Crippen LogP) is 1.65. The molecule has 1 amide bonds. The van der Waals surface area contributed by atoms with Gasteiger partial charge in [-0.3, -0.25) is 9.69 Å². The summed E-state index contributed by atoms with van der Waals surface area (Å²) in [5.41, 5.74) is 1.25. The van der Waals surface area contributed by atoms with Crippen molar-refractivity contribution in [1.82, 2.24) is 19.9 Å². The Morgan fingerprint density at radius 1 is 1.36 bits per heavy atom. The zero-order chi connectivity index (χ0) is 17.8. The minimum atomic E-state index is 0.0835. The molecule has 2 bridgehead atoms. The van der Waals surface area contributed by atoms with Crippen LogP contribution >= 0.6 is 0 Å². The molecule has 0 saturated carbocycles. The van der Waals surface area contributed by atoms with Gasteiger partial charge in [-0.2, -0.15) is 4.98 Å². The van der Waals surface area contributed by atoms with Crippen LogP contribution in [0.5, 0.6) is 0 Å². The van der Waals surface area contributed by atoms with Gasteiger partial charge < -0.3 is 14.2 Å². The Morgan fingerprint density at radius 3 is 2.96 bits per heavy atom. The van der Waals surface area contributed by atoms with E-state index in [4.69, 9.17) is 9.26 Å². The number of amides is 1. The number of allylic oxidation sites excluding steroid dienone is 1. The lowest BCUT2D eigenvalue weighted by molar-refractivity contribution is -0.139. The number of carbonyl (C=O) groups excluding carboxylic acids is 1. The summed E-state index contributed by atoms with van der Waals surface area (Å²) in [4.78, 5) is 21.5. The van der Waals surface area contributed by atoms with Gasteiger partial charge in [0.15, 0.2) is 5.82 Å². The molecular formula is C18H28N4O3. The number of carbonyl (C=O) groups is 1. The highest BCUT2D eigenvalue weighted by Gasteiger charge is 2.40. The van der Waals surface area contributed by atoms with Gasteiger partial charge in [0.25, 0.3) is 0 Å². The second-order valence-electron chi connectivity index (χ2n) is 7.24. The molecule has 25 heavy (non-hydrogen) atoms. The molecule has 3 aliphatic heterocycles. The first-order chi connectivity index (χ1) is 12.1. The number of hydrogen-bond acceptors (Lipinski definition) is 6. The normalized spacial score (nSPS) is 23.8. The first-order valence-corrected chi connectivity index (χ1v) is 9.03. The lowest BCUT2D eigenvalue weighted by Gasteiger charge is -2.35. The Balaban J connectivity index is 1.64. The molecule has 1 aromatic rings. The molecule has 0 aliphatic carbocycles. The first kappa shape index (κ1) is 18.1. The van der Waals surface area contributed by atoms with Crippen molar-refractivity contribution in [2.24, 2.45) is 5.92 Å². The van der Waals surface area contributed by atoms with Crippen molar-refractivity contribution >= 4 is 5.91 Å². The Morgan fingerprint density at radius 2 is 2.20 bits per heavy atom. The predicted molar refractivity (Wildman–Crippen MR) is 92.8 cm³/mol. The third-order valence-electron chi connectivity index (χ3n) is 4.96. The van der Waals surface area contributed by atoms with Gasteiger partial charge >= 0.3 is 0 Å². The van der Waals surface area contributed by atoms with Crippen molar-refractivity contribution in [1.29, 1.82) is 0 Å². The van der Waals surface area contributed by atoms with Crippen molar-refractivity contribution in [3.63, 3.8) is 0 Å². The number of piperidine rings is 1. The second-order valence-corrected chi connectivity index (χ2v) is 7.24. The number of methoxy groups -OCH3 is 1. The van der Waals surface area contributed by atoms with E-state index in [1.165, 1.54) is 5.57 Å². The van der Waals surface area contributed by atoms with E-state index in [1.54, 1.807) is 7.11 Å². The number of aromatic nitrogens is 2. The summed E-state index contributed by atoms with van der Waals surface area (Å²) in [6.07, 6.45) is 4.85. The number of rotatable bonds is 7. The van der Waals surface area contributed by atoms with Crippen molar-refractivity contribution in [2.45, 2.75) is 45.7 Å². The van der Waals surface area contributed by atoms with Gasteiger partial charge in [0.05, 0.1) is 19.1 Å².